The van der Waals surface area contributed by atoms with Crippen molar-refractivity contribution >= 4 is 43.2 Å². The fourth-order valence-electron chi connectivity index (χ4n) is 1.56. The fraction of sp³-hybridized carbons (Fsp3) is 0.400. The molecule has 0 atom stereocenters. The largest absolute Gasteiger partial charge is 0.308 e. The number of fused-ring (bicyclic) bond motifs is 1. The average molecular weight is 322 g/mol. The van der Waals surface area contributed by atoms with Crippen molar-refractivity contribution in [1.29, 1.82) is 0 Å². The summed E-state index contributed by atoms with van der Waals surface area (Å²) in [6, 6.07) is 1.73. The Bertz CT molecular complexity index is 738. The standard InChI is InChI=1S/C10H12ClN3O3S2/c1-14(19(16,17)5-3-11)6-8-12-7-2-4-18-9(7)10(15)13-8/h2,4H,3,5-6H2,1H3,(H,12,13,15). The van der Waals surface area contributed by atoms with Gasteiger partial charge in [0.05, 0.1) is 17.8 Å². The minimum atomic E-state index is -3.42. The maximum Gasteiger partial charge on any atom is 0.268 e. The normalized spacial score (nSPS) is 12.4. The first kappa shape index (κ1) is 14.4. The highest BCUT2D eigenvalue weighted by Gasteiger charge is 2.18. The highest BCUT2D eigenvalue weighted by atomic mass is 35.5. The number of halogens is 1. The number of aromatic amines is 1. The molecule has 0 aromatic carbocycles. The average Bonchev–Trinajstić information content (AvgIpc) is 2.77. The lowest BCUT2D eigenvalue weighted by molar-refractivity contribution is 0.458. The molecule has 0 aliphatic carbocycles. The molecule has 0 fully saturated rings. The van der Waals surface area contributed by atoms with E-state index in [4.69, 9.17) is 11.6 Å². The van der Waals surface area contributed by atoms with E-state index in [-0.39, 0.29) is 23.7 Å². The van der Waals surface area contributed by atoms with E-state index in [1.54, 1.807) is 11.4 Å². The molecule has 9 heteroatoms. The molecule has 2 heterocycles. The zero-order chi connectivity index (χ0) is 14.0. The van der Waals surface area contributed by atoms with Crippen LogP contribution in [0.25, 0.3) is 10.2 Å². The van der Waals surface area contributed by atoms with Gasteiger partial charge in [-0.15, -0.1) is 22.9 Å². The molecular formula is C10H12ClN3O3S2. The van der Waals surface area contributed by atoms with Gasteiger partial charge in [0.1, 0.15) is 10.5 Å². The maximum absolute atomic E-state index is 11.8. The number of nitrogens with zero attached hydrogens (tertiary/aromatic N) is 2. The van der Waals surface area contributed by atoms with Gasteiger partial charge < -0.3 is 4.98 Å². The first-order chi connectivity index (χ1) is 8.94. The van der Waals surface area contributed by atoms with Crippen molar-refractivity contribution in [3.05, 3.63) is 27.6 Å². The van der Waals surface area contributed by atoms with Crippen molar-refractivity contribution in [1.82, 2.24) is 14.3 Å². The minimum absolute atomic E-state index is 0.0141. The first-order valence-corrected chi connectivity index (χ1v) is 8.43. The van der Waals surface area contributed by atoms with Crippen LogP contribution in [-0.2, 0) is 16.6 Å². The highest BCUT2D eigenvalue weighted by molar-refractivity contribution is 7.89. The maximum atomic E-state index is 11.8. The topological polar surface area (TPSA) is 83.1 Å². The number of rotatable bonds is 5. The number of aromatic nitrogens is 2. The number of hydrogen-bond donors (Lipinski definition) is 1. The third-order valence-corrected chi connectivity index (χ3v) is 5.66. The summed E-state index contributed by atoms with van der Waals surface area (Å²) in [6.07, 6.45) is 0. The van der Waals surface area contributed by atoms with Gasteiger partial charge in [0.2, 0.25) is 10.0 Å². The summed E-state index contributed by atoms with van der Waals surface area (Å²) in [5.41, 5.74) is 0.324. The van der Waals surface area contributed by atoms with Crippen molar-refractivity contribution in [3.8, 4) is 0 Å². The lowest BCUT2D eigenvalue weighted by Gasteiger charge is -2.15. The predicted molar refractivity (Wildman–Crippen MR) is 76.2 cm³/mol. The molecule has 2 rings (SSSR count). The van der Waals surface area contributed by atoms with Gasteiger partial charge in [0.15, 0.2) is 0 Å². The lowest BCUT2D eigenvalue weighted by Crippen LogP contribution is -2.30. The van der Waals surface area contributed by atoms with Gasteiger partial charge in [-0.25, -0.2) is 13.4 Å². The van der Waals surface area contributed by atoms with E-state index < -0.39 is 10.0 Å². The second-order valence-corrected chi connectivity index (χ2v) is 7.40. The van der Waals surface area contributed by atoms with Crippen LogP contribution in [0.3, 0.4) is 0 Å². The summed E-state index contributed by atoms with van der Waals surface area (Å²) in [5, 5.41) is 1.77. The molecule has 0 radical (unpaired) electrons. The summed E-state index contributed by atoms with van der Waals surface area (Å²) in [7, 11) is -1.99. The van der Waals surface area contributed by atoms with E-state index in [0.717, 1.165) is 4.31 Å². The summed E-state index contributed by atoms with van der Waals surface area (Å²) in [5.74, 6) is 0.201. The molecule has 0 saturated heterocycles. The van der Waals surface area contributed by atoms with Crippen molar-refractivity contribution in [2.45, 2.75) is 6.54 Å². The second-order valence-electron chi connectivity index (χ2n) is 3.91. The molecule has 104 valence electrons. The number of alkyl halides is 1. The predicted octanol–water partition coefficient (Wildman–Crippen LogP) is 0.985. The van der Waals surface area contributed by atoms with Gasteiger partial charge in [-0.1, -0.05) is 0 Å². The smallest absolute Gasteiger partial charge is 0.268 e. The highest BCUT2D eigenvalue weighted by Crippen LogP contribution is 2.14. The van der Waals surface area contributed by atoms with Gasteiger partial charge in [0, 0.05) is 12.9 Å². The molecule has 19 heavy (non-hydrogen) atoms. The van der Waals surface area contributed by atoms with Crippen LogP contribution in [0.5, 0.6) is 0 Å². The molecule has 0 spiro atoms. The zero-order valence-corrected chi connectivity index (χ0v) is 12.5. The zero-order valence-electron chi connectivity index (χ0n) is 10.1. The Morgan fingerprint density at radius 1 is 1.53 bits per heavy atom. The quantitative estimate of drug-likeness (QED) is 0.832. The molecule has 2 aromatic heterocycles. The second kappa shape index (κ2) is 5.58. The molecule has 0 unspecified atom stereocenters. The Morgan fingerprint density at radius 3 is 2.95 bits per heavy atom. The number of thiophene rings is 1. The minimum Gasteiger partial charge on any atom is -0.308 e. The van der Waals surface area contributed by atoms with Crippen LogP contribution in [0.1, 0.15) is 5.82 Å². The van der Waals surface area contributed by atoms with Crippen molar-refractivity contribution in [3.63, 3.8) is 0 Å². The van der Waals surface area contributed by atoms with Gasteiger partial charge in [-0.05, 0) is 11.4 Å². The third-order valence-electron chi connectivity index (χ3n) is 2.55. The number of nitrogens with one attached hydrogen (secondary N) is 1. The van der Waals surface area contributed by atoms with Crippen molar-refractivity contribution in [2.24, 2.45) is 0 Å². The summed E-state index contributed by atoms with van der Waals surface area (Å²) in [4.78, 5) is 18.6. The Hall–Kier alpha value is -0.960. The van der Waals surface area contributed by atoms with Crippen LogP contribution in [0.15, 0.2) is 16.2 Å². The van der Waals surface area contributed by atoms with Gasteiger partial charge >= 0.3 is 0 Å². The van der Waals surface area contributed by atoms with Gasteiger partial charge in [-0.2, -0.15) is 4.31 Å². The molecule has 1 N–H and O–H groups in total. The number of hydrogen-bond acceptors (Lipinski definition) is 5. The monoisotopic (exact) mass is 321 g/mol. The molecule has 0 aliphatic rings. The van der Waals surface area contributed by atoms with Crippen LogP contribution >= 0.6 is 22.9 Å². The van der Waals surface area contributed by atoms with Gasteiger partial charge in [0.25, 0.3) is 5.56 Å². The van der Waals surface area contributed by atoms with E-state index in [9.17, 15) is 13.2 Å². The van der Waals surface area contributed by atoms with E-state index >= 15 is 0 Å². The molecule has 0 saturated carbocycles. The Labute approximate surface area is 119 Å². The van der Waals surface area contributed by atoms with Crippen LogP contribution in [0.2, 0.25) is 0 Å². The van der Waals surface area contributed by atoms with Crippen molar-refractivity contribution < 1.29 is 8.42 Å². The van der Waals surface area contributed by atoms with Crippen LogP contribution in [0, 0.1) is 0 Å². The van der Waals surface area contributed by atoms with Crippen LogP contribution < -0.4 is 5.56 Å². The molecule has 0 amide bonds. The fourth-order valence-corrected chi connectivity index (χ4v) is 3.70. The first-order valence-electron chi connectivity index (χ1n) is 5.40. The van der Waals surface area contributed by atoms with Crippen molar-refractivity contribution in [2.75, 3.05) is 18.7 Å². The SMILES string of the molecule is CN(Cc1nc2ccsc2c(=O)[nH]1)S(=O)(=O)CCCl. The molecular weight excluding hydrogens is 310 g/mol. The molecule has 6 nitrogen and oxygen atoms in total. The molecule has 0 aliphatic heterocycles. The van der Waals surface area contributed by atoms with E-state index in [1.165, 1.54) is 18.4 Å². The van der Waals surface area contributed by atoms with Crippen LogP contribution in [0.4, 0.5) is 0 Å². The number of H-pyrrole nitrogens is 1. The Morgan fingerprint density at radius 2 is 2.26 bits per heavy atom. The number of sulfonamides is 1. The van der Waals surface area contributed by atoms with Gasteiger partial charge in [-0.3, -0.25) is 4.79 Å². The lowest BCUT2D eigenvalue weighted by atomic mass is 10.4. The van der Waals surface area contributed by atoms with Crippen LogP contribution in [-0.4, -0.2) is 41.4 Å². The van der Waals surface area contributed by atoms with E-state index in [0.29, 0.717) is 16.0 Å². The molecule has 0 bridgehead atoms. The Balaban J connectivity index is 2.29. The van der Waals surface area contributed by atoms with E-state index in [1.807, 2.05) is 0 Å². The van der Waals surface area contributed by atoms with E-state index in [2.05, 4.69) is 9.97 Å². The summed E-state index contributed by atoms with van der Waals surface area (Å²) < 4.78 is 25.2. The third kappa shape index (κ3) is 3.14. The summed E-state index contributed by atoms with van der Waals surface area (Å²) >= 11 is 6.74. The Kier molecular flexibility index (Phi) is 4.24. The molecule has 2 aromatic rings. The summed E-state index contributed by atoms with van der Waals surface area (Å²) in [6.45, 7) is 0.0141.